The number of phenolic OH excluding ortho intramolecular Hbond substituents is 1. The Morgan fingerprint density at radius 2 is 1.53 bits per heavy atom. The standard InChI is InChI=1S/C12H6ClF3O/c13-8-2-1-6(3-12(8)17)7-4-10(15)11(16)5-9(7)14/h1-5,17H. The van der Waals surface area contributed by atoms with Gasteiger partial charge in [-0.15, -0.1) is 0 Å². The normalized spacial score (nSPS) is 10.6. The van der Waals surface area contributed by atoms with Gasteiger partial charge in [-0.2, -0.15) is 0 Å². The highest BCUT2D eigenvalue weighted by Crippen LogP contribution is 2.31. The highest BCUT2D eigenvalue weighted by atomic mass is 35.5. The van der Waals surface area contributed by atoms with E-state index in [0.29, 0.717) is 6.07 Å². The lowest BCUT2D eigenvalue weighted by Crippen LogP contribution is -1.91. The fourth-order valence-corrected chi connectivity index (χ4v) is 1.54. The van der Waals surface area contributed by atoms with Crippen molar-refractivity contribution in [1.82, 2.24) is 0 Å². The van der Waals surface area contributed by atoms with E-state index in [4.69, 9.17) is 11.6 Å². The quantitative estimate of drug-likeness (QED) is 0.763. The molecule has 0 fully saturated rings. The molecule has 0 bridgehead atoms. The highest BCUT2D eigenvalue weighted by molar-refractivity contribution is 6.32. The Bertz CT molecular complexity index is 584. The van der Waals surface area contributed by atoms with E-state index in [2.05, 4.69) is 0 Å². The van der Waals surface area contributed by atoms with Crippen molar-refractivity contribution in [3.05, 3.63) is 52.8 Å². The molecule has 0 aliphatic rings. The van der Waals surface area contributed by atoms with Crippen molar-refractivity contribution in [2.24, 2.45) is 0 Å². The van der Waals surface area contributed by atoms with Crippen LogP contribution >= 0.6 is 11.6 Å². The van der Waals surface area contributed by atoms with Gasteiger partial charge in [-0.05, 0) is 23.8 Å². The van der Waals surface area contributed by atoms with Crippen LogP contribution in [-0.2, 0) is 0 Å². The van der Waals surface area contributed by atoms with Crippen LogP contribution in [0.25, 0.3) is 11.1 Å². The molecule has 0 radical (unpaired) electrons. The van der Waals surface area contributed by atoms with Crippen LogP contribution in [0.5, 0.6) is 5.75 Å². The summed E-state index contributed by atoms with van der Waals surface area (Å²) in [6.45, 7) is 0. The molecule has 5 heteroatoms. The summed E-state index contributed by atoms with van der Waals surface area (Å²) < 4.78 is 39.2. The lowest BCUT2D eigenvalue weighted by Gasteiger charge is -2.06. The van der Waals surface area contributed by atoms with Crippen LogP contribution in [0.3, 0.4) is 0 Å². The predicted octanol–water partition coefficient (Wildman–Crippen LogP) is 4.13. The van der Waals surface area contributed by atoms with Gasteiger partial charge in [0.15, 0.2) is 11.6 Å². The van der Waals surface area contributed by atoms with Crippen LogP contribution in [0.1, 0.15) is 0 Å². The van der Waals surface area contributed by atoms with Crippen LogP contribution in [0, 0.1) is 17.5 Å². The van der Waals surface area contributed by atoms with Crippen molar-refractivity contribution >= 4 is 11.6 Å². The topological polar surface area (TPSA) is 20.2 Å². The molecule has 0 spiro atoms. The lowest BCUT2D eigenvalue weighted by atomic mass is 10.0. The van der Waals surface area contributed by atoms with Gasteiger partial charge in [0, 0.05) is 11.6 Å². The van der Waals surface area contributed by atoms with Gasteiger partial charge in [-0.25, -0.2) is 13.2 Å². The van der Waals surface area contributed by atoms with Crippen LogP contribution in [-0.4, -0.2) is 5.11 Å². The van der Waals surface area contributed by atoms with E-state index in [-0.39, 0.29) is 21.9 Å². The van der Waals surface area contributed by atoms with Crippen molar-refractivity contribution < 1.29 is 18.3 Å². The van der Waals surface area contributed by atoms with Crippen molar-refractivity contribution in [1.29, 1.82) is 0 Å². The van der Waals surface area contributed by atoms with Crippen molar-refractivity contribution in [2.75, 3.05) is 0 Å². The van der Waals surface area contributed by atoms with E-state index in [1.165, 1.54) is 18.2 Å². The Balaban J connectivity index is 2.60. The van der Waals surface area contributed by atoms with Crippen LogP contribution in [0.2, 0.25) is 5.02 Å². The summed E-state index contributed by atoms with van der Waals surface area (Å²) in [5.41, 5.74) is 0.0687. The first-order valence-electron chi connectivity index (χ1n) is 4.62. The molecule has 2 aromatic carbocycles. The molecule has 0 aromatic heterocycles. The average Bonchev–Trinajstić information content (AvgIpc) is 2.27. The maximum Gasteiger partial charge on any atom is 0.161 e. The molecule has 17 heavy (non-hydrogen) atoms. The maximum absolute atomic E-state index is 13.4. The van der Waals surface area contributed by atoms with E-state index >= 15 is 0 Å². The Hall–Kier alpha value is -1.68. The fraction of sp³-hybridized carbons (Fsp3) is 0. The molecular weight excluding hydrogens is 253 g/mol. The van der Waals surface area contributed by atoms with Gasteiger partial charge in [0.2, 0.25) is 0 Å². The van der Waals surface area contributed by atoms with Crippen molar-refractivity contribution in [3.63, 3.8) is 0 Å². The Morgan fingerprint density at radius 3 is 2.18 bits per heavy atom. The zero-order valence-electron chi connectivity index (χ0n) is 8.35. The molecule has 1 nitrogen and oxygen atoms in total. The van der Waals surface area contributed by atoms with E-state index in [1.807, 2.05) is 0 Å². The second-order valence-corrected chi connectivity index (χ2v) is 3.82. The molecule has 0 aliphatic carbocycles. The summed E-state index contributed by atoms with van der Waals surface area (Å²) in [5.74, 6) is -3.58. The van der Waals surface area contributed by atoms with Gasteiger partial charge < -0.3 is 5.11 Å². The zero-order valence-corrected chi connectivity index (χ0v) is 9.10. The third kappa shape index (κ3) is 2.22. The molecule has 0 heterocycles. The summed E-state index contributed by atoms with van der Waals surface area (Å²) in [5, 5.41) is 9.45. The molecule has 1 N–H and O–H groups in total. The number of rotatable bonds is 1. The van der Waals surface area contributed by atoms with Gasteiger partial charge in [-0.3, -0.25) is 0 Å². The number of benzene rings is 2. The Kier molecular flexibility index (Phi) is 2.98. The second kappa shape index (κ2) is 4.30. The predicted molar refractivity (Wildman–Crippen MR) is 58.4 cm³/mol. The molecule has 0 saturated heterocycles. The highest BCUT2D eigenvalue weighted by Gasteiger charge is 2.12. The molecule has 0 unspecified atom stereocenters. The van der Waals surface area contributed by atoms with Crippen LogP contribution in [0.15, 0.2) is 30.3 Å². The minimum absolute atomic E-state index is 0.0942. The Morgan fingerprint density at radius 1 is 0.882 bits per heavy atom. The number of hydrogen-bond acceptors (Lipinski definition) is 1. The average molecular weight is 259 g/mol. The minimum atomic E-state index is -1.26. The monoisotopic (exact) mass is 258 g/mol. The number of halogens is 4. The van der Waals surface area contributed by atoms with Gasteiger partial charge in [0.25, 0.3) is 0 Å². The van der Waals surface area contributed by atoms with Crippen LogP contribution in [0.4, 0.5) is 13.2 Å². The SMILES string of the molecule is Oc1cc(-c2cc(F)c(F)cc2F)ccc1Cl. The molecule has 0 amide bonds. The first-order valence-corrected chi connectivity index (χ1v) is 5.00. The van der Waals surface area contributed by atoms with Crippen LogP contribution < -0.4 is 0 Å². The molecular formula is C12H6ClF3O. The van der Waals surface area contributed by atoms with Gasteiger partial charge in [-0.1, -0.05) is 17.7 Å². The summed E-state index contributed by atoms with van der Waals surface area (Å²) in [6.07, 6.45) is 0. The number of hydrogen-bond donors (Lipinski definition) is 1. The molecule has 2 aromatic rings. The minimum Gasteiger partial charge on any atom is -0.506 e. The summed E-state index contributed by atoms with van der Waals surface area (Å²) in [7, 11) is 0. The molecule has 0 atom stereocenters. The van der Waals surface area contributed by atoms with E-state index in [1.54, 1.807) is 0 Å². The summed E-state index contributed by atoms with van der Waals surface area (Å²) in [6, 6.07) is 5.10. The summed E-state index contributed by atoms with van der Waals surface area (Å²) >= 11 is 5.59. The van der Waals surface area contributed by atoms with Gasteiger partial charge in [0.05, 0.1) is 5.02 Å². The molecule has 0 aliphatic heterocycles. The first kappa shape index (κ1) is 11.8. The maximum atomic E-state index is 13.4. The third-order valence-corrected chi connectivity index (χ3v) is 2.59. The molecule has 88 valence electrons. The van der Waals surface area contributed by atoms with E-state index in [9.17, 15) is 18.3 Å². The Labute approximate surface area is 100 Å². The van der Waals surface area contributed by atoms with Gasteiger partial charge in [0.1, 0.15) is 11.6 Å². The van der Waals surface area contributed by atoms with Crippen molar-refractivity contribution in [3.8, 4) is 16.9 Å². The van der Waals surface area contributed by atoms with E-state index < -0.39 is 17.5 Å². The molecule has 0 saturated carbocycles. The first-order chi connectivity index (χ1) is 7.99. The van der Waals surface area contributed by atoms with E-state index in [0.717, 1.165) is 6.07 Å². The number of aromatic hydroxyl groups is 1. The largest absolute Gasteiger partial charge is 0.506 e. The molecule has 2 rings (SSSR count). The second-order valence-electron chi connectivity index (χ2n) is 3.41. The lowest BCUT2D eigenvalue weighted by molar-refractivity contribution is 0.475. The summed E-state index contributed by atoms with van der Waals surface area (Å²) in [4.78, 5) is 0. The fourth-order valence-electron chi connectivity index (χ4n) is 1.42. The van der Waals surface area contributed by atoms with Gasteiger partial charge >= 0.3 is 0 Å². The zero-order chi connectivity index (χ0) is 12.6. The smallest absolute Gasteiger partial charge is 0.161 e. The third-order valence-electron chi connectivity index (χ3n) is 2.27. The van der Waals surface area contributed by atoms with Crippen molar-refractivity contribution in [2.45, 2.75) is 0 Å². The number of phenols is 1.